The number of amides is 1. The number of carbonyl (C=O) groups excluding carboxylic acids is 1. The molecule has 37 heavy (non-hydrogen) atoms. The Morgan fingerprint density at radius 1 is 1.27 bits per heavy atom. The number of halogens is 2. The Balaban J connectivity index is 1.54. The van der Waals surface area contributed by atoms with Crippen LogP contribution in [0.25, 0.3) is 22.3 Å². The van der Waals surface area contributed by atoms with Crippen molar-refractivity contribution in [3.63, 3.8) is 0 Å². The molecule has 0 aliphatic carbocycles. The summed E-state index contributed by atoms with van der Waals surface area (Å²) in [6, 6.07) is 8.72. The molecule has 0 saturated carbocycles. The fourth-order valence-electron chi connectivity index (χ4n) is 4.98. The number of hydrogen-bond donors (Lipinski definition) is 0. The maximum absolute atomic E-state index is 13.8. The molecule has 3 atom stereocenters. The zero-order chi connectivity index (χ0) is 26.3. The van der Waals surface area contributed by atoms with Gasteiger partial charge in [-0.25, -0.2) is 9.67 Å². The van der Waals surface area contributed by atoms with Crippen LogP contribution < -0.4 is 4.74 Å². The van der Waals surface area contributed by atoms with Gasteiger partial charge in [-0.3, -0.25) is 14.3 Å². The second-order valence-corrected chi connectivity index (χ2v) is 9.09. The number of imidazole rings is 1. The maximum atomic E-state index is 13.8. The highest BCUT2D eigenvalue weighted by atomic mass is 19.3. The third-order valence-electron chi connectivity index (χ3n) is 6.94. The second-order valence-electron chi connectivity index (χ2n) is 9.09. The van der Waals surface area contributed by atoms with Crippen molar-refractivity contribution in [1.82, 2.24) is 34.4 Å². The second kappa shape index (κ2) is 9.72. The van der Waals surface area contributed by atoms with E-state index in [0.29, 0.717) is 29.0 Å². The van der Waals surface area contributed by atoms with E-state index in [1.165, 1.54) is 6.08 Å². The van der Waals surface area contributed by atoms with Gasteiger partial charge in [-0.15, -0.1) is 5.10 Å². The number of fused-ring (bicyclic) bond motifs is 1. The number of carbonyl (C=O) groups is 1. The van der Waals surface area contributed by atoms with E-state index in [0.717, 1.165) is 23.0 Å². The fourth-order valence-corrected chi connectivity index (χ4v) is 4.98. The molecule has 1 aliphatic heterocycles. The van der Waals surface area contributed by atoms with Crippen LogP contribution in [0.2, 0.25) is 0 Å². The summed E-state index contributed by atoms with van der Waals surface area (Å²) in [6.07, 6.45) is 4.31. The number of benzene rings is 1. The van der Waals surface area contributed by atoms with Gasteiger partial charge in [-0.05, 0) is 57.5 Å². The molecule has 3 aromatic heterocycles. The predicted molar refractivity (Wildman–Crippen MR) is 133 cm³/mol. The highest BCUT2D eigenvalue weighted by molar-refractivity contribution is 5.88. The van der Waals surface area contributed by atoms with Crippen molar-refractivity contribution >= 4 is 16.9 Å². The van der Waals surface area contributed by atoms with Gasteiger partial charge in [0.1, 0.15) is 29.4 Å². The Hall–Kier alpha value is -4.15. The maximum Gasteiger partial charge on any atom is 0.320 e. The third-order valence-corrected chi connectivity index (χ3v) is 6.94. The molecule has 5 rings (SSSR count). The summed E-state index contributed by atoms with van der Waals surface area (Å²) in [7, 11) is 0. The first-order chi connectivity index (χ1) is 17.8. The van der Waals surface area contributed by atoms with Gasteiger partial charge in [0.05, 0.1) is 29.0 Å². The average molecular weight is 508 g/mol. The highest BCUT2D eigenvalue weighted by Gasteiger charge is 2.36. The fraction of sp³-hybridized carbons (Fsp3) is 0.346. The largest absolute Gasteiger partial charge is 0.482 e. The molecule has 0 spiro atoms. The number of hydrogen-bond acceptors (Lipinski definition) is 6. The van der Waals surface area contributed by atoms with Gasteiger partial charge in [0.25, 0.3) is 0 Å². The lowest BCUT2D eigenvalue weighted by molar-refractivity contribution is -0.126. The smallest absolute Gasteiger partial charge is 0.320 e. The molecular formula is C26H27F2N7O2. The Labute approximate surface area is 212 Å². The lowest BCUT2D eigenvalue weighted by Crippen LogP contribution is -2.35. The van der Waals surface area contributed by atoms with E-state index < -0.39 is 12.7 Å². The molecule has 1 saturated heterocycles. The topological polar surface area (TPSA) is 91.0 Å². The molecule has 1 amide bonds. The molecule has 9 nitrogen and oxygen atoms in total. The van der Waals surface area contributed by atoms with Crippen LogP contribution in [0.4, 0.5) is 8.78 Å². The molecule has 0 N–H and O–H groups in total. The monoisotopic (exact) mass is 507 g/mol. The zero-order valence-corrected chi connectivity index (χ0v) is 20.8. The average Bonchev–Trinajstić information content (AvgIpc) is 3.60. The van der Waals surface area contributed by atoms with Crippen molar-refractivity contribution in [2.75, 3.05) is 6.54 Å². The molecule has 1 fully saturated rings. The zero-order valence-electron chi connectivity index (χ0n) is 20.8. The van der Waals surface area contributed by atoms with Crippen molar-refractivity contribution in [2.24, 2.45) is 0 Å². The standard InChI is InChI=1S/C26H27F2N7O2/c1-5-23(36)33-11-9-21(15(33)2)35-16(3)24(31-32-35)18-12-20-25(34(14-30-20)26(27)28)22(13-18)37-17(4)19-8-6-7-10-29-19/h5-8,10,12-15,17,21,26H,1,9,11H2,2-4H3/t15-,17-,21-/m1/s1. The molecule has 0 radical (unpaired) electrons. The molecule has 11 heteroatoms. The summed E-state index contributed by atoms with van der Waals surface area (Å²) >= 11 is 0. The first kappa shape index (κ1) is 24.5. The number of rotatable bonds is 7. The van der Waals surface area contributed by atoms with Crippen LogP contribution in [-0.2, 0) is 4.79 Å². The van der Waals surface area contributed by atoms with Crippen LogP contribution in [0.15, 0.2) is 55.5 Å². The predicted octanol–water partition coefficient (Wildman–Crippen LogP) is 4.88. The van der Waals surface area contributed by atoms with Crippen LogP contribution in [0, 0.1) is 6.92 Å². The minimum atomic E-state index is -2.78. The normalized spacial score (nSPS) is 18.5. The number of nitrogens with zero attached hydrogens (tertiary/aromatic N) is 7. The summed E-state index contributed by atoms with van der Waals surface area (Å²) in [4.78, 5) is 22.5. The number of pyridine rings is 1. The SMILES string of the molecule is C=CC(=O)N1CC[C@@H](n2nnc(-c3cc(O[C@H](C)c4ccccn4)c4c(c3)ncn4C(F)F)c2C)[C@H]1C. The van der Waals surface area contributed by atoms with E-state index in [4.69, 9.17) is 4.74 Å². The molecular weight excluding hydrogens is 480 g/mol. The Kier molecular flexibility index (Phi) is 6.45. The molecule has 0 unspecified atom stereocenters. The van der Waals surface area contributed by atoms with E-state index in [1.54, 1.807) is 29.3 Å². The quantitative estimate of drug-likeness (QED) is 0.331. The molecule has 192 valence electrons. The molecule has 4 heterocycles. The van der Waals surface area contributed by atoms with Crippen LogP contribution in [0.3, 0.4) is 0 Å². The van der Waals surface area contributed by atoms with Gasteiger partial charge >= 0.3 is 6.55 Å². The third kappa shape index (κ3) is 4.34. The Bertz CT molecular complexity index is 1450. The molecule has 4 aromatic rings. The first-order valence-electron chi connectivity index (χ1n) is 12.0. The summed E-state index contributed by atoms with van der Waals surface area (Å²) in [5, 5.41) is 8.82. The van der Waals surface area contributed by atoms with Crippen LogP contribution in [-0.4, -0.2) is 52.9 Å². The van der Waals surface area contributed by atoms with Crippen LogP contribution in [0.5, 0.6) is 5.75 Å². The van der Waals surface area contributed by atoms with Gasteiger partial charge in [0.15, 0.2) is 0 Å². The van der Waals surface area contributed by atoms with E-state index in [2.05, 4.69) is 26.9 Å². The first-order valence-corrected chi connectivity index (χ1v) is 12.0. The Morgan fingerprint density at radius 3 is 2.78 bits per heavy atom. The van der Waals surface area contributed by atoms with Gasteiger partial charge in [0, 0.05) is 18.3 Å². The summed E-state index contributed by atoms with van der Waals surface area (Å²) in [5.74, 6) is 0.131. The number of aromatic nitrogens is 6. The Morgan fingerprint density at radius 2 is 2.08 bits per heavy atom. The van der Waals surface area contributed by atoms with Crippen molar-refractivity contribution in [3.8, 4) is 17.0 Å². The lowest BCUT2D eigenvalue weighted by Gasteiger charge is -2.24. The number of likely N-dealkylation sites (tertiary alicyclic amines) is 1. The van der Waals surface area contributed by atoms with Crippen molar-refractivity contribution in [1.29, 1.82) is 0 Å². The highest BCUT2D eigenvalue weighted by Crippen LogP contribution is 2.38. The molecule has 1 aliphatic rings. The molecule has 1 aromatic carbocycles. The van der Waals surface area contributed by atoms with Gasteiger partial charge in [0.2, 0.25) is 5.91 Å². The number of alkyl halides is 2. The summed E-state index contributed by atoms with van der Waals surface area (Å²) in [6.45, 7) is 7.10. The van der Waals surface area contributed by atoms with Crippen molar-refractivity contribution in [2.45, 2.75) is 51.9 Å². The van der Waals surface area contributed by atoms with Crippen molar-refractivity contribution in [3.05, 3.63) is 66.9 Å². The summed E-state index contributed by atoms with van der Waals surface area (Å²) in [5.41, 5.74) is 3.23. The lowest BCUT2D eigenvalue weighted by atomic mass is 10.1. The van der Waals surface area contributed by atoms with Gasteiger partial charge in [-0.2, -0.15) is 8.78 Å². The molecule has 0 bridgehead atoms. The van der Waals surface area contributed by atoms with Crippen molar-refractivity contribution < 1.29 is 18.3 Å². The van der Waals surface area contributed by atoms with Crippen LogP contribution in [0.1, 0.15) is 50.4 Å². The minimum Gasteiger partial charge on any atom is -0.482 e. The van der Waals surface area contributed by atoms with Crippen LogP contribution >= 0.6 is 0 Å². The van der Waals surface area contributed by atoms with E-state index in [1.807, 2.05) is 37.6 Å². The van der Waals surface area contributed by atoms with Gasteiger partial charge < -0.3 is 9.64 Å². The van der Waals surface area contributed by atoms with E-state index >= 15 is 0 Å². The van der Waals surface area contributed by atoms with E-state index in [-0.39, 0.29) is 29.3 Å². The van der Waals surface area contributed by atoms with E-state index in [9.17, 15) is 13.6 Å². The number of ether oxygens (including phenoxy) is 1. The minimum absolute atomic E-state index is 0.0492. The van der Waals surface area contributed by atoms with Gasteiger partial charge in [-0.1, -0.05) is 17.9 Å². The summed E-state index contributed by atoms with van der Waals surface area (Å²) < 4.78 is 36.4.